The summed E-state index contributed by atoms with van der Waals surface area (Å²) in [6, 6.07) is -0.614. The Labute approximate surface area is 421 Å². The van der Waals surface area contributed by atoms with E-state index in [9.17, 15) is 19.5 Å². The maximum Gasteiger partial charge on any atom is 0.362 e. The summed E-state index contributed by atoms with van der Waals surface area (Å²) in [5.41, 5.74) is 0. The lowest BCUT2D eigenvalue weighted by Gasteiger charge is -2.31. The summed E-state index contributed by atoms with van der Waals surface area (Å²) in [5, 5.41) is 9.68. The highest BCUT2D eigenvalue weighted by Gasteiger charge is 2.31. The van der Waals surface area contributed by atoms with Crippen LogP contribution in [-0.4, -0.2) is 80.6 Å². The minimum atomic E-state index is -0.871. The Morgan fingerprint density at radius 2 is 0.779 bits per heavy atom. The van der Waals surface area contributed by atoms with Crippen molar-refractivity contribution in [1.29, 1.82) is 0 Å². The summed E-state index contributed by atoms with van der Waals surface area (Å²) >= 11 is 0. The van der Waals surface area contributed by atoms with Gasteiger partial charge in [-0.1, -0.05) is 250 Å². The number of ether oxygens (including phenoxy) is 3. The molecule has 0 spiro atoms. The fraction of sp³-hybridized carbons (Fsp3) is 0.883. The molecule has 0 rings (SSSR count). The summed E-state index contributed by atoms with van der Waals surface area (Å²) in [6.45, 7) is 4.79. The van der Waals surface area contributed by atoms with Crippen molar-refractivity contribution < 1.29 is 38.2 Å². The number of quaternary nitrogens is 1. The second-order valence-electron chi connectivity index (χ2n) is 21.3. The Hall–Kier alpha value is -2.19. The van der Waals surface area contributed by atoms with E-state index in [1.165, 1.54) is 205 Å². The quantitative estimate of drug-likeness (QED) is 0.0281. The van der Waals surface area contributed by atoms with Gasteiger partial charge in [-0.2, -0.15) is 0 Å². The number of carbonyl (C=O) groups is 3. The van der Waals surface area contributed by atoms with Crippen LogP contribution in [0.1, 0.15) is 290 Å². The smallest absolute Gasteiger partial charge is 0.362 e. The minimum Gasteiger partial charge on any atom is -0.477 e. The summed E-state index contributed by atoms with van der Waals surface area (Å²) in [7, 11) is 5.55. The molecule has 2 atom stereocenters. The lowest BCUT2D eigenvalue weighted by molar-refractivity contribution is -0.887. The molecule has 0 heterocycles. The van der Waals surface area contributed by atoms with Gasteiger partial charge in [-0.15, -0.1) is 0 Å². The standard InChI is InChI=1S/C60H113NO7/c1-6-8-10-12-14-16-18-20-22-24-26-28-29-31-32-34-36-38-40-42-44-46-48-50-58(62)67-55-56(54-66-53-52-57(60(64)65)61(3,4)5)68-59(63)51-49-47-45-43-41-39-37-35-33-30-27-25-23-21-19-17-15-13-11-9-7-2/h26,28,31-32,56-57H,6-25,27,29-30,33-55H2,1-5H3/p+1/b28-26+,32-31+. The van der Waals surface area contributed by atoms with E-state index in [2.05, 4.69) is 38.2 Å². The van der Waals surface area contributed by atoms with Crippen molar-refractivity contribution in [3.8, 4) is 0 Å². The van der Waals surface area contributed by atoms with Gasteiger partial charge in [-0.3, -0.25) is 9.59 Å². The van der Waals surface area contributed by atoms with Crippen molar-refractivity contribution in [3.63, 3.8) is 0 Å². The number of unbranched alkanes of at least 4 members (excludes halogenated alkanes) is 36. The van der Waals surface area contributed by atoms with Crippen LogP contribution in [0.15, 0.2) is 24.3 Å². The van der Waals surface area contributed by atoms with Gasteiger partial charge in [-0.25, -0.2) is 4.79 Å². The molecule has 0 bridgehead atoms. The second kappa shape index (κ2) is 51.2. The van der Waals surface area contributed by atoms with Gasteiger partial charge in [0.05, 0.1) is 34.4 Å². The van der Waals surface area contributed by atoms with Crippen LogP contribution in [0.25, 0.3) is 0 Å². The summed E-state index contributed by atoms with van der Waals surface area (Å²) < 4.78 is 17.4. The molecule has 8 heteroatoms. The number of carbonyl (C=O) groups excluding carboxylic acids is 2. The van der Waals surface area contributed by atoms with Crippen molar-refractivity contribution in [3.05, 3.63) is 24.3 Å². The Morgan fingerprint density at radius 3 is 1.13 bits per heavy atom. The maximum absolute atomic E-state index is 12.8. The predicted octanol–water partition coefficient (Wildman–Crippen LogP) is 17.5. The van der Waals surface area contributed by atoms with Gasteiger partial charge in [0.2, 0.25) is 0 Å². The van der Waals surface area contributed by atoms with Gasteiger partial charge < -0.3 is 23.8 Å². The number of aliphatic carboxylic acids is 1. The molecular weight excluding hydrogens is 847 g/mol. The van der Waals surface area contributed by atoms with E-state index in [0.29, 0.717) is 19.3 Å². The largest absolute Gasteiger partial charge is 0.477 e. The molecule has 2 unspecified atom stereocenters. The van der Waals surface area contributed by atoms with E-state index in [1.807, 2.05) is 21.1 Å². The van der Waals surface area contributed by atoms with Gasteiger partial charge in [0.15, 0.2) is 12.1 Å². The van der Waals surface area contributed by atoms with Gasteiger partial charge in [0.1, 0.15) is 6.61 Å². The monoisotopic (exact) mass is 961 g/mol. The number of allylic oxidation sites excluding steroid dienone is 4. The first-order valence-electron chi connectivity index (χ1n) is 29.4. The summed E-state index contributed by atoms with van der Waals surface area (Å²) in [5.74, 6) is -1.45. The molecule has 8 nitrogen and oxygen atoms in total. The molecule has 0 amide bonds. The van der Waals surface area contributed by atoms with Crippen molar-refractivity contribution >= 4 is 17.9 Å². The van der Waals surface area contributed by atoms with Gasteiger partial charge in [-0.05, 0) is 44.9 Å². The van der Waals surface area contributed by atoms with Crippen LogP contribution >= 0.6 is 0 Å². The molecule has 0 aliphatic carbocycles. The SMILES string of the molecule is CCCCCCCCCCC/C=C/C/C=C/CCCCCCCCCC(=O)OCC(COCCC(C(=O)O)[N+](C)(C)C)OC(=O)CCCCCCCCCCCCCCCCCCCCCCC. The van der Waals surface area contributed by atoms with Crippen molar-refractivity contribution in [2.24, 2.45) is 0 Å². The van der Waals surface area contributed by atoms with Gasteiger partial charge >= 0.3 is 17.9 Å². The van der Waals surface area contributed by atoms with Crippen LogP contribution in [0.5, 0.6) is 0 Å². The normalized spacial score (nSPS) is 12.9. The molecule has 0 aliphatic heterocycles. The number of carboxylic acid groups (broad SMARTS) is 1. The van der Waals surface area contributed by atoms with Crippen molar-refractivity contribution in [2.45, 2.75) is 302 Å². The predicted molar refractivity (Wildman–Crippen MR) is 289 cm³/mol. The first kappa shape index (κ1) is 65.8. The van der Waals surface area contributed by atoms with Crippen LogP contribution in [0.3, 0.4) is 0 Å². The molecule has 0 saturated heterocycles. The zero-order valence-electron chi connectivity index (χ0n) is 45.8. The van der Waals surface area contributed by atoms with E-state index in [0.717, 1.165) is 51.4 Å². The minimum absolute atomic E-state index is 0.0499. The number of likely N-dealkylation sites (N-methyl/N-ethyl adjacent to an activating group) is 1. The van der Waals surface area contributed by atoms with Crippen LogP contribution in [0.2, 0.25) is 0 Å². The zero-order valence-corrected chi connectivity index (χ0v) is 45.8. The highest BCUT2D eigenvalue weighted by atomic mass is 16.6. The van der Waals surface area contributed by atoms with Crippen molar-refractivity contribution in [1.82, 2.24) is 0 Å². The van der Waals surface area contributed by atoms with E-state index < -0.39 is 18.1 Å². The highest BCUT2D eigenvalue weighted by Crippen LogP contribution is 2.17. The van der Waals surface area contributed by atoms with Gasteiger partial charge in [0.25, 0.3) is 0 Å². The van der Waals surface area contributed by atoms with E-state index in [1.54, 1.807) is 0 Å². The molecule has 0 radical (unpaired) electrons. The molecule has 0 aromatic carbocycles. The third kappa shape index (κ3) is 48.8. The molecule has 0 saturated carbocycles. The fourth-order valence-corrected chi connectivity index (χ4v) is 9.07. The number of hydrogen-bond acceptors (Lipinski definition) is 6. The zero-order chi connectivity index (χ0) is 49.9. The van der Waals surface area contributed by atoms with E-state index >= 15 is 0 Å². The third-order valence-electron chi connectivity index (χ3n) is 13.6. The first-order chi connectivity index (χ1) is 33.1. The average Bonchev–Trinajstić information content (AvgIpc) is 3.30. The molecule has 0 aromatic rings. The fourth-order valence-electron chi connectivity index (χ4n) is 9.07. The van der Waals surface area contributed by atoms with Crippen LogP contribution in [-0.2, 0) is 28.6 Å². The van der Waals surface area contributed by atoms with Crippen LogP contribution < -0.4 is 0 Å². The Bertz CT molecular complexity index is 1160. The lowest BCUT2D eigenvalue weighted by Crippen LogP contribution is -2.50. The molecule has 0 fully saturated rings. The Morgan fingerprint density at radius 1 is 0.441 bits per heavy atom. The highest BCUT2D eigenvalue weighted by molar-refractivity contribution is 5.72. The lowest BCUT2D eigenvalue weighted by atomic mass is 10.0. The molecule has 0 aromatic heterocycles. The molecule has 400 valence electrons. The molecule has 0 aliphatic rings. The Kier molecular flexibility index (Phi) is 49.5. The summed E-state index contributed by atoms with van der Waals surface area (Å²) in [4.78, 5) is 37.3. The molecular formula is C60H114NO7+. The number of esters is 2. The van der Waals surface area contributed by atoms with E-state index in [4.69, 9.17) is 14.2 Å². The number of nitrogens with zero attached hydrogens (tertiary/aromatic N) is 1. The third-order valence-corrected chi connectivity index (χ3v) is 13.6. The topological polar surface area (TPSA) is 99.1 Å². The number of rotatable bonds is 54. The average molecular weight is 962 g/mol. The van der Waals surface area contributed by atoms with Crippen LogP contribution in [0.4, 0.5) is 0 Å². The number of carboxylic acids is 1. The number of hydrogen-bond donors (Lipinski definition) is 1. The first-order valence-corrected chi connectivity index (χ1v) is 29.4. The van der Waals surface area contributed by atoms with E-state index in [-0.39, 0.29) is 36.2 Å². The maximum atomic E-state index is 12.8. The molecule has 1 N–H and O–H groups in total. The van der Waals surface area contributed by atoms with Crippen molar-refractivity contribution in [2.75, 3.05) is 41.0 Å². The molecule has 68 heavy (non-hydrogen) atoms. The van der Waals surface area contributed by atoms with Gasteiger partial charge in [0, 0.05) is 19.3 Å². The van der Waals surface area contributed by atoms with Crippen LogP contribution in [0, 0.1) is 0 Å². The summed E-state index contributed by atoms with van der Waals surface area (Å²) in [6.07, 6.45) is 61.0. The Balaban J connectivity index is 4.15. The second-order valence-corrected chi connectivity index (χ2v) is 21.3.